The molecule has 4 aliphatic rings. The molecule has 2 heterocycles. The van der Waals surface area contributed by atoms with Crippen LogP contribution >= 0.6 is 0 Å². The van der Waals surface area contributed by atoms with Gasteiger partial charge in [0.15, 0.2) is 34.7 Å². The highest BCUT2D eigenvalue weighted by Gasteiger charge is 2.69. The number of benzene rings is 1. The maximum atomic E-state index is 14.3. The summed E-state index contributed by atoms with van der Waals surface area (Å²) in [5.74, 6) is -9.65. The molecule has 0 bridgehead atoms. The predicted molar refractivity (Wildman–Crippen MR) is 158 cm³/mol. The van der Waals surface area contributed by atoms with Crippen LogP contribution in [0.1, 0.15) is 40.9 Å². The fourth-order valence-electron chi connectivity index (χ4n) is 8.01. The standard InChI is InChI=1S/C32H38N4O8/c1-34(2)20-13-18(21-8-7-16(44-21)14-36-9-5-6-10-36)26(37)23-17(20)11-15-12-19-25(35(3)4)28(39)24(31(33)42)30(41)32(19,43)29(40)22(15)27(23)38/h7-8,13,15,19,22,24-25,37,43H,5-6,9-12,14H2,1-4H3,(H2,33,42)/t15?,19?,22?,24?,25-,32-/m0/s1. The van der Waals surface area contributed by atoms with Gasteiger partial charge in [0.1, 0.15) is 17.3 Å². The van der Waals surface area contributed by atoms with Gasteiger partial charge in [0.25, 0.3) is 0 Å². The third kappa shape index (κ3) is 4.33. The zero-order chi connectivity index (χ0) is 31.8. The molecule has 1 aliphatic heterocycles. The van der Waals surface area contributed by atoms with E-state index in [0.29, 0.717) is 23.6 Å². The smallest absolute Gasteiger partial charge is 0.235 e. The molecule has 0 radical (unpaired) electrons. The highest BCUT2D eigenvalue weighted by atomic mass is 16.3. The molecule has 4 unspecified atom stereocenters. The molecule has 0 spiro atoms. The lowest BCUT2D eigenvalue weighted by atomic mass is 9.52. The van der Waals surface area contributed by atoms with Gasteiger partial charge in [-0.2, -0.15) is 0 Å². The number of likely N-dealkylation sites (tertiary alicyclic amines) is 1. The topological polar surface area (TPSA) is 175 Å². The van der Waals surface area contributed by atoms with E-state index in [1.54, 1.807) is 26.2 Å². The average molecular weight is 607 g/mol. The van der Waals surface area contributed by atoms with E-state index in [9.17, 15) is 34.2 Å². The number of furan rings is 1. The highest BCUT2D eigenvalue weighted by molar-refractivity contribution is 6.32. The minimum absolute atomic E-state index is 0.00266. The molecular formula is C32H38N4O8. The van der Waals surface area contributed by atoms with Crippen molar-refractivity contribution < 1.29 is 38.6 Å². The first-order chi connectivity index (χ1) is 20.8. The number of likely N-dealkylation sites (N-methyl/N-ethyl adjacent to an activating group) is 1. The summed E-state index contributed by atoms with van der Waals surface area (Å²) in [4.78, 5) is 73.0. The van der Waals surface area contributed by atoms with Crippen LogP contribution in [-0.2, 0) is 32.1 Å². The minimum Gasteiger partial charge on any atom is -0.506 e. The summed E-state index contributed by atoms with van der Waals surface area (Å²) in [5.41, 5.74) is 4.05. The average Bonchev–Trinajstić information content (AvgIpc) is 3.63. The quantitative estimate of drug-likeness (QED) is 0.397. The summed E-state index contributed by atoms with van der Waals surface area (Å²) in [6, 6.07) is 4.20. The monoisotopic (exact) mass is 606 g/mol. The molecule has 234 valence electrons. The van der Waals surface area contributed by atoms with Crippen molar-refractivity contribution >= 4 is 34.7 Å². The second-order valence-corrected chi connectivity index (χ2v) is 13.1. The normalized spacial score (nSPS) is 30.4. The molecular weight excluding hydrogens is 568 g/mol. The summed E-state index contributed by atoms with van der Waals surface area (Å²) in [6.07, 6.45) is 2.44. The van der Waals surface area contributed by atoms with Crippen LogP contribution in [0.2, 0.25) is 0 Å². The molecule has 6 atom stereocenters. The number of anilines is 1. The Morgan fingerprint density at radius 1 is 1.09 bits per heavy atom. The van der Waals surface area contributed by atoms with Gasteiger partial charge in [-0.15, -0.1) is 0 Å². The first kappa shape index (κ1) is 30.2. The summed E-state index contributed by atoms with van der Waals surface area (Å²) < 4.78 is 6.12. The van der Waals surface area contributed by atoms with E-state index in [2.05, 4.69) is 4.90 Å². The molecule has 44 heavy (non-hydrogen) atoms. The molecule has 12 nitrogen and oxygen atoms in total. The summed E-state index contributed by atoms with van der Waals surface area (Å²) in [5, 5.41) is 23.4. The van der Waals surface area contributed by atoms with Crippen molar-refractivity contribution in [2.75, 3.05) is 46.2 Å². The minimum atomic E-state index is -2.76. The molecule has 1 aromatic heterocycles. The van der Waals surface area contributed by atoms with E-state index < -0.39 is 64.4 Å². The van der Waals surface area contributed by atoms with Crippen molar-refractivity contribution in [2.45, 2.75) is 43.9 Å². The van der Waals surface area contributed by atoms with Crippen molar-refractivity contribution in [3.8, 4) is 17.1 Å². The Bertz CT molecular complexity index is 1590. The van der Waals surface area contributed by atoms with Crippen LogP contribution in [0.3, 0.4) is 0 Å². The molecule has 1 saturated heterocycles. The number of ketones is 4. The zero-order valence-electron chi connectivity index (χ0n) is 25.3. The van der Waals surface area contributed by atoms with Gasteiger partial charge in [-0.3, -0.25) is 33.8 Å². The third-order valence-electron chi connectivity index (χ3n) is 10.0. The lowest BCUT2D eigenvalue weighted by molar-refractivity contribution is -0.181. The zero-order valence-corrected chi connectivity index (χ0v) is 25.3. The number of Topliss-reactive ketones (excluding diaryl/α,β-unsaturated/α-hetero) is 4. The number of fused-ring (bicyclic) bond motifs is 3. The third-order valence-corrected chi connectivity index (χ3v) is 10.0. The lowest BCUT2D eigenvalue weighted by Gasteiger charge is -2.52. The number of carbonyl (C=O) groups is 5. The Kier molecular flexibility index (Phi) is 7.29. The molecule has 6 rings (SSSR count). The Morgan fingerprint density at radius 3 is 2.39 bits per heavy atom. The van der Waals surface area contributed by atoms with E-state index >= 15 is 0 Å². The van der Waals surface area contributed by atoms with E-state index in [0.717, 1.165) is 31.7 Å². The van der Waals surface area contributed by atoms with Crippen LogP contribution in [-0.4, -0.2) is 102 Å². The number of primary amides is 1. The Labute approximate surface area is 254 Å². The summed E-state index contributed by atoms with van der Waals surface area (Å²) in [7, 11) is 6.74. The largest absolute Gasteiger partial charge is 0.506 e. The van der Waals surface area contributed by atoms with Gasteiger partial charge >= 0.3 is 0 Å². The fraction of sp³-hybridized carbons (Fsp3) is 0.531. The number of aromatic hydroxyl groups is 1. The van der Waals surface area contributed by atoms with E-state index in [-0.39, 0.29) is 29.7 Å². The van der Waals surface area contributed by atoms with Gasteiger partial charge in [-0.1, -0.05) is 0 Å². The molecule has 1 amide bonds. The number of hydrogen-bond acceptors (Lipinski definition) is 11. The van der Waals surface area contributed by atoms with Crippen LogP contribution < -0.4 is 10.6 Å². The van der Waals surface area contributed by atoms with E-state index in [1.807, 2.05) is 25.1 Å². The molecule has 1 aromatic carbocycles. The van der Waals surface area contributed by atoms with Crippen molar-refractivity contribution in [3.05, 3.63) is 35.1 Å². The van der Waals surface area contributed by atoms with Crippen molar-refractivity contribution in [1.29, 1.82) is 0 Å². The number of aliphatic hydroxyl groups is 1. The van der Waals surface area contributed by atoms with E-state index in [4.69, 9.17) is 10.2 Å². The van der Waals surface area contributed by atoms with Crippen LogP contribution in [0.15, 0.2) is 22.6 Å². The Balaban J connectivity index is 1.44. The van der Waals surface area contributed by atoms with Gasteiger partial charge in [0.2, 0.25) is 5.91 Å². The van der Waals surface area contributed by atoms with Crippen molar-refractivity contribution in [3.63, 3.8) is 0 Å². The van der Waals surface area contributed by atoms with Gasteiger partial charge in [-0.25, -0.2) is 0 Å². The number of hydrogen-bond donors (Lipinski definition) is 3. The molecule has 2 saturated carbocycles. The molecule has 12 heteroatoms. The van der Waals surface area contributed by atoms with Crippen LogP contribution in [0.25, 0.3) is 11.3 Å². The van der Waals surface area contributed by atoms with E-state index in [1.165, 1.54) is 4.90 Å². The number of rotatable bonds is 6. The molecule has 2 aromatic rings. The van der Waals surface area contributed by atoms with Crippen LogP contribution in [0.5, 0.6) is 5.75 Å². The van der Waals surface area contributed by atoms with Crippen molar-refractivity contribution in [2.24, 2.45) is 29.4 Å². The number of amides is 1. The first-order valence-electron chi connectivity index (χ1n) is 15.0. The SMILES string of the molecule is CN(C)c1cc(-c2ccc(CN3CCCC3)o2)c(O)c2c1CC1CC3[C@H](N(C)C)C(=O)C(C(N)=O)C(=O)[C@@]3(O)C(=O)C1C2=O. The second-order valence-electron chi connectivity index (χ2n) is 13.1. The van der Waals surface area contributed by atoms with Gasteiger partial charge in [-0.05, 0) is 82.5 Å². The first-order valence-corrected chi connectivity index (χ1v) is 15.0. The number of phenols is 1. The van der Waals surface area contributed by atoms with Gasteiger partial charge in [0.05, 0.1) is 29.6 Å². The number of phenolic OH excluding ortho intramolecular Hbond substituents is 1. The molecule has 3 aliphatic carbocycles. The fourth-order valence-corrected chi connectivity index (χ4v) is 8.01. The lowest BCUT2D eigenvalue weighted by Crippen LogP contribution is -2.74. The highest BCUT2D eigenvalue weighted by Crippen LogP contribution is 2.53. The summed E-state index contributed by atoms with van der Waals surface area (Å²) >= 11 is 0. The number of nitrogens with zero attached hydrogens (tertiary/aromatic N) is 3. The van der Waals surface area contributed by atoms with Crippen molar-refractivity contribution in [1.82, 2.24) is 9.80 Å². The number of carbonyl (C=O) groups excluding carboxylic acids is 5. The van der Waals surface area contributed by atoms with Crippen LogP contribution in [0.4, 0.5) is 5.69 Å². The predicted octanol–water partition coefficient (Wildman–Crippen LogP) is 0.789. The van der Waals surface area contributed by atoms with Crippen LogP contribution in [0, 0.1) is 23.7 Å². The number of nitrogens with two attached hydrogens (primary N) is 1. The molecule has 4 N–H and O–H groups in total. The van der Waals surface area contributed by atoms with Gasteiger partial charge in [0, 0.05) is 25.7 Å². The maximum absolute atomic E-state index is 14.3. The summed E-state index contributed by atoms with van der Waals surface area (Å²) in [6.45, 7) is 2.59. The molecule has 3 fully saturated rings. The Morgan fingerprint density at radius 2 is 1.77 bits per heavy atom. The van der Waals surface area contributed by atoms with Gasteiger partial charge < -0.3 is 25.3 Å². The maximum Gasteiger partial charge on any atom is 0.235 e. The second kappa shape index (κ2) is 10.6. The Hall–Kier alpha value is -3.87.